The Morgan fingerprint density at radius 2 is 1.66 bits per heavy atom. The molecule has 2 N–H and O–H groups in total. The van der Waals surface area contributed by atoms with Crippen LogP contribution < -0.4 is 4.74 Å². The molecule has 32 heavy (non-hydrogen) atoms. The summed E-state index contributed by atoms with van der Waals surface area (Å²) in [4.78, 5) is 10.7. The van der Waals surface area contributed by atoms with E-state index in [1.807, 2.05) is 0 Å². The van der Waals surface area contributed by atoms with Crippen molar-refractivity contribution in [2.75, 3.05) is 0 Å². The second-order valence-electron chi connectivity index (χ2n) is 7.88. The maximum Gasteiger partial charge on any atom is 0.420 e. The van der Waals surface area contributed by atoms with Crippen LogP contribution in [0.2, 0.25) is 0 Å². The molecule has 1 aliphatic rings. The van der Waals surface area contributed by atoms with E-state index in [0.29, 0.717) is 5.56 Å². The highest BCUT2D eigenvalue weighted by molar-refractivity contribution is 6.03. The molecule has 2 aromatic rings. The summed E-state index contributed by atoms with van der Waals surface area (Å²) in [6.07, 6.45) is -10.5. The largest absolute Gasteiger partial charge is 0.490 e. The van der Waals surface area contributed by atoms with Crippen molar-refractivity contribution >= 4 is 22.5 Å². The summed E-state index contributed by atoms with van der Waals surface area (Å²) >= 11 is 0. The van der Waals surface area contributed by atoms with E-state index < -0.39 is 41.7 Å². The van der Waals surface area contributed by atoms with Crippen LogP contribution in [0.3, 0.4) is 0 Å². The van der Waals surface area contributed by atoms with Crippen LogP contribution in [-0.4, -0.2) is 29.1 Å². The molecule has 1 aliphatic carbocycles. The number of carbonyl (C=O) groups is 1. The Kier molecular flexibility index (Phi) is 6.71. The molecule has 0 atom stereocenters. The average molecular weight is 461 g/mol. The van der Waals surface area contributed by atoms with Crippen LogP contribution in [-0.2, 0) is 11.0 Å². The number of hydrogen-bond acceptors (Lipinski definition) is 3. The monoisotopic (exact) mass is 461 g/mol. The lowest BCUT2D eigenvalue weighted by molar-refractivity contribution is -0.185. The first-order valence-electron chi connectivity index (χ1n) is 10.0. The zero-order chi connectivity index (χ0) is 23.7. The summed E-state index contributed by atoms with van der Waals surface area (Å²) in [5.41, 5.74) is -0.716. The van der Waals surface area contributed by atoms with Crippen molar-refractivity contribution in [3.63, 3.8) is 0 Å². The van der Waals surface area contributed by atoms with Gasteiger partial charge in [0.2, 0.25) is 0 Å². The Hall–Kier alpha value is -2.78. The van der Waals surface area contributed by atoms with Crippen molar-refractivity contribution in [1.82, 2.24) is 0 Å². The van der Waals surface area contributed by atoms with Gasteiger partial charge in [0.15, 0.2) is 0 Å². The first-order valence-corrected chi connectivity index (χ1v) is 10.0. The summed E-state index contributed by atoms with van der Waals surface area (Å²) in [6, 6.07) is 6.45. The number of carboxylic acids is 1. The quantitative estimate of drug-likeness (QED) is 0.377. The lowest BCUT2D eigenvalue weighted by Crippen LogP contribution is -2.32. The molecule has 0 bridgehead atoms. The fourth-order valence-electron chi connectivity index (χ4n) is 3.95. The molecule has 174 valence electrons. The van der Waals surface area contributed by atoms with Gasteiger partial charge < -0.3 is 15.3 Å². The summed E-state index contributed by atoms with van der Waals surface area (Å²) in [7, 11) is 0. The van der Waals surface area contributed by atoms with Gasteiger partial charge in [-0.05, 0) is 60.6 Å². The molecule has 3 rings (SSSR count). The van der Waals surface area contributed by atoms with E-state index in [-0.39, 0.29) is 55.0 Å². The molecule has 0 unspecified atom stereocenters. The number of aliphatic carboxylic acids is 1. The normalized spacial score (nSPS) is 19.7. The van der Waals surface area contributed by atoms with Crippen LogP contribution in [0.25, 0.3) is 10.8 Å². The molecule has 0 radical (unpaired) electrons. The molecule has 0 aliphatic heterocycles. The van der Waals surface area contributed by atoms with Gasteiger partial charge in [0.05, 0.1) is 18.4 Å². The standard InChI is InChI=1S/C22H21F6NO3/c23-21(24,25)14-3-5-15(6-4-14)32-18-9-2-12-11-13(17(29)8-10-19(30)31)1-7-16(12)20(18)22(26,27)28/h1-2,7,9,11,14-15,29H,3-6,8,10H2,(H,30,31). The Balaban J connectivity index is 1.87. The number of nitrogens with one attached hydrogen (secondary N) is 1. The molecule has 0 aromatic heterocycles. The third-order valence-corrected chi connectivity index (χ3v) is 5.63. The van der Waals surface area contributed by atoms with Gasteiger partial charge in [-0.15, -0.1) is 0 Å². The SMILES string of the molecule is N=C(CCC(=O)O)c1ccc2c(C(F)(F)F)c(OC3CCC(C(F)(F)F)CC3)ccc2c1. The van der Waals surface area contributed by atoms with Crippen LogP contribution >= 0.6 is 0 Å². The fourth-order valence-corrected chi connectivity index (χ4v) is 3.95. The van der Waals surface area contributed by atoms with Crippen molar-refractivity contribution < 1.29 is 41.0 Å². The van der Waals surface area contributed by atoms with E-state index in [0.717, 1.165) is 6.07 Å². The predicted octanol–water partition coefficient (Wildman–Crippen LogP) is 6.59. The zero-order valence-corrected chi connectivity index (χ0v) is 16.8. The molecular weight excluding hydrogens is 440 g/mol. The Labute approximate surface area is 179 Å². The van der Waals surface area contributed by atoms with Crippen molar-refractivity contribution in [1.29, 1.82) is 5.41 Å². The van der Waals surface area contributed by atoms with Crippen molar-refractivity contribution in [3.8, 4) is 5.75 Å². The number of carboxylic acid groups (broad SMARTS) is 1. The van der Waals surface area contributed by atoms with Crippen LogP contribution in [0.1, 0.15) is 49.7 Å². The zero-order valence-electron chi connectivity index (χ0n) is 16.8. The molecule has 1 saturated carbocycles. The van der Waals surface area contributed by atoms with Crippen LogP contribution in [0, 0.1) is 11.3 Å². The van der Waals surface area contributed by atoms with Gasteiger partial charge in [0.25, 0.3) is 0 Å². The highest BCUT2D eigenvalue weighted by Crippen LogP contribution is 2.44. The molecule has 0 spiro atoms. The van der Waals surface area contributed by atoms with Gasteiger partial charge >= 0.3 is 18.3 Å². The van der Waals surface area contributed by atoms with Gasteiger partial charge in [-0.1, -0.05) is 18.2 Å². The smallest absolute Gasteiger partial charge is 0.420 e. The van der Waals surface area contributed by atoms with Gasteiger partial charge in [0.1, 0.15) is 11.3 Å². The van der Waals surface area contributed by atoms with Crippen LogP contribution in [0.4, 0.5) is 26.3 Å². The van der Waals surface area contributed by atoms with Gasteiger partial charge in [-0.3, -0.25) is 4.79 Å². The minimum atomic E-state index is -4.77. The average Bonchev–Trinajstić information content (AvgIpc) is 2.70. The minimum Gasteiger partial charge on any atom is -0.490 e. The first-order chi connectivity index (χ1) is 14.9. The van der Waals surface area contributed by atoms with Crippen molar-refractivity contribution in [2.24, 2.45) is 5.92 Å². The number of benzene rings is 2. The van der Waals surface area contributed by atoms with Crippen LogP contribution in [0.15, 0.2) is 30.3 Å². The maximum absolute atomic E-state index is 13.9. The first kappa shape index (κ1) is 23.9. The number of halogens is 6. The van der Waals surface area contributed by atoms with E-state index in [1.165, 1.54) is 24.3 Å². The van der Waals surface area contributed by atoms with Gasteiger partial charge in [0, 0.05) is 5.71 Å². The third kappa shape index (κ3) is 5.52. The highest BCUT2D eigenvalue weighted by atomic mass is 19.4. The molecule has 4 nitrogen and oxygen atoms in total. The molecule has 0 heterocycles. The van der Waals surface area contributed by atoms with E-state index in [1.54, 1.807) is 0 Å². The fraction of sp³-hybridized carbons (Fsp3) is 0.455. The molecular formula is C22H21F6NO3. The number of rotatable bonds is 6. The Morgan fingerprint density at radius 1 is 1.00 bits per heavy atom. The predicted molar refractivity (Wildman–Crippen MR) is 105 cm³/mol. The van der Waals surface area contributed by atoms with Crippen LogP contribution in [0.5, 0.6) is 5.75 Å². The van der Waals surface area contributed by atoms with Gasteiger partial charge in [-0.2, -0.15) is 26.3 Å². The summed E-state index contributed by atoms with van der Waals surface area (Å²) in [6.45, 7) is 0. The lowest BCUT2D eigenvalue weighted by Gasteiger charge is -2.31. The van der Waals surface area contributed by atoms with E-state index in [2.05, 4.69) is 0 Å². The van der Waals surface area contributed by atoms with E-state index >= 15 is 0 Å². The number of ether oxygens (including phenoxy) is 1. The summed E-state index contributed by atoms with van der Waals surface area (Å²) < 4.78 is 85.7. The second kappa shape index (κ2) is 8.99. The molecule has 2 aromatic carbocycles. The van der Waals surface area contributed by atoms with Crippen molar-refractivity contribution in [3.05, 3.63) is 41.5 Å². The Bertz CT molecular complexity index is 1010. The summed E-state index contributed by atoms with van der Waals surface area (Å²) in [5, 5.41) is 16.7. The molecule has 10 heteroatoms. The number of alkyl halides is 6. The third-order valence-electron chi connectivity index (χ3n) is 5.63. The van der Waals surface area contributed by atoms with E-state index in [9.17, 15) is 31.1 Å². The minimum absolute atomic E-state index is 0.00962. The topological polar surface area (TPSA) is 70.4 Å². The van der Waals surface area contributed by atoms with Crippen molar-refractivity contribution in [2.45, 2.75) is 57.0 Å². The highest BCUT2D eigenvalue weighted by Gasteiger charge is 2.42. The Morgan fingerprint density at radius 3 is 2.22 bits per heavy atom. The summed E-state index contributed by atoms with van der Waals surface area (Å²) in [5.74, 6) is -2.98. The number of hydrogen-bond donors (Lipinski definition) is 2. The molecule has 0 saturated heterocycles. The van der Waals surface area contributed by atoms with Gasteiger partial charge in [-0.25, -0.2) is 0 Å². The molecule has 1 fully saturated rings. The van der Waals surface area contributed by atoms with E-state index in [4.69, 9.17) is 15.3 Å². The lowest BCUT2D eigenvalue weighted by atomic mass is 9.87. The maximum atomic E-state index is 13.9. The second-order valence-corrected chi connectivity index (χ2v) is 7.88. The molecule has 0 amide bonds. The number of fused-ring (bicyclic) bond motifs is 1.